The van der Waals surface area contributed by atoms with Crippen molar-refractivity contribution in [2.75, 3.05) is 13.7 Å². The molecule has 1 aliphatic carbocycles. The van der Waals surface area contributed by atoms with E-state index in [-0.39, 0.29) is 18.6 Å². The van der Waals surface area contributed by atoms with Crippen molar-refractivity contribution in [3.63, 3.8) is 0 Å². The Morgan fingerprint density at radius 3 is 2.00 bits per heavy atom. The van der Waals surface area contributed by atoms with E-state index in [4.69, 9.17) is 4.74 Å². The lowest BCUT2D eigenvalue weighted by Crippen LogP contribution is -2.37. The summed E-state index contributed by atoms with van der Waals surface area (Å²) in [6.07, 6.45) is 4.46. The quantitative estimate of drug-likeness (QED) is 0.797. The Bertz CT molecular complexity index is 596. The van der Waals surface area contributed by atoms with E-state index in [0.29, 0.717) is 6.04 Å². The number of ether oxygens (including phenoxy) is 1. The van der Waals surface area contributed by atoms with Gasteiger partial charge in [-0.15, -0.1) is 0 Å². The van der Waals surface area contributed by atoms with Crippen LogP contribution in [-0.4, -0.2) is 30.5 Å². The topological polar surface area (TPSA) is 29.5 Å². The van der Waals surface area contributed by atoms with Gasteiger partial charge in [0.1, 0.15) is 12.7 Å². The molecule has 1 saturated carbocycles. The minimum Gasteiger partial charge on any atom is -0.359 e. The van der Waals surface area contributed by atoms with Crippen molar-refractivity contribution < 1.29 is 9.53 Å². The summed E-state index contributed by atoms with van der Waals surface area (Å²) in [4.78, 5) is 14.4. The first-order valence-corrected chi connectivity index (χ1v) is 8.73. The van der Waals surface area contributed by atoms with Crippen LogP contribution in [0.4, 0.5) is 0 Å². The minimum atomic E-state index is -0.215. The molecule has 0 spiro atoms. The van der Waals surface area contributed by atoms with Crippen LogP contribution < -0.4 is 0 Å². The molecule has 24 heavy (non-hydrogen) atoms. The summed E-state index contributed by atoms with van der Waals surface area (Å²) in [7, 11) is 1.90. The highest BCUT2D eigenvalue weighted by atomic mass is 16.5. The lowest BCUT2D eigenvalue weighted by molar-refractivity contribution is -0.138. The van der Waals surface area contributed by atoms with E-state index in [0.717, 1.165) is 24.0 Å². The van der Waals surface area contributed by atoms with Gasteiger partial charge in [0.05, 0.1) is 0 Å². The molecule has 3 nitrogen and oxygen atoms in total. The summed E-state index contributed by atoms with van der Waals surface area (Å²) >= 11 is 0. The molecule has 1 aliphatic rings. The number of nitrogens with zero attached hydrogens (tertiary/aromatic N) is 1. The highest BCUT2D eigenvalue weighted by molar-refractivity contribution is 5.77. The number of hydrogen-bond acceptors (Lipinski definition) is 2. The predicted molar refractivity (Wildman–Crippen MR) is 95.7 cm³/mol. The van der Waals surface area contributed by atoms with Crippen molar-refractivity contribution in [1.29, 1.82) is 0 Å². The van der Waals surface area contributed by atoms with Crippen LogP contribution in [0, 0.1) is 0 Å². The zero-order valence-electron chi connectivity index (χ0n) is 14.2. The third-order valence-electron chi connectivity index (χ3n) is 4.84. The number of amides is 1. The SMILES string of the molecule is CN(C(=O)COC(c1ccccc1)c1ccccc1)C1CCCC1. The number of rotatable bonds is 6. The van der Waals surface area contributed by atoms with Gasteiger partial charge in [0, 0.05) is 13.1 Å². The smallest absolute Gasteiger partial charge is 0.248 e. The van der Waals surface area contributed by atoms with Crippen LogP contribution in [0.3, 0.4) is 0 Å². The zero-order valence-corrected chi connectivity index (χ0v) is 14.2. The van der Waals surface area contributed by atoms with Gasteiger partial charge in [0.2, 0.25) is 5.91 Å². The number of benzene rings is 2. The average molecular weight is 323 g/mol. The van der Waals surface area contributed by atoms with Crippen molar-refractivity contribution in [3.8, 4) is 0 Å². The Kier molecular flexibility index (Phi) is 5.65. The maximum absolute atomic E-state index is 12.5. The molecule has 0 radical (unpaired) electrons. The predicted octanol–water partition coefficient (Wildman–Crippen LogP) is 4.19. The Morgan fingerprint density at radius 2 is 1.50 bits per heavy atom. The van der Waals surface area contributed by atoms with E-state index >= 15 is 0 Å². The van der Waals surface area contributed by atoms with Gasteiger partial charge < -0.3 is 9.64 Å². The fourth-order valence-electron chi connectivity index (χ4n) is 3.39. The molecule has 126 valence electrons. The van der Waals surface area contributed by atoms with Crippen molar-refractivity contribution in [3.05, 3.63) is 71.8 Å². The normalized spacial score (nSPS) is 14.9. The molecule has 2 aromatic rings. The van der Waals surface area contributed by atoms with E-state index in [1.54, 1.807) is 0 Å². The van der Waals surface area contributed by atoms with Gasteiger partial charge in [-0.2, -0.15) is 0 Å². The second kappa shape index (κ2) is 8.11. The maximum atomic E-state index is 12.5. The molecule has 3 rings (SSSR count). The molecular weight excluding hydrogens is 298 g/mol. The second-order valence-corrected chi connectivity index (χ2v) is 6.46. The molecule has 0 heterocycles. The van der Waals surface area contributed by atoms with Crippen LogP contribution in [0.5, 0.6) is 0 Å². The largest absolute Gasteiger partial charge is 0.359 e. The van der Waals surface area contributed by atoms with E-state index in [1.165, 1.54) is 12.8 Å². The van der Waals surface area contributed by atoms with Gasteiger partial charge in [-0.25, -0.2) is 0 Å². The molecule has 0 bridgehead atoms. The molecule has 0 atom stereocenters. The van der Waals surface area contributed by atoms with Crippen LogP contribution in [0.1, 0.15) is 42.9 Å². The Labute approximate surface area is 144 Å². The molecule has 0 unspecified atom stereocenters. The molecule has 1 fully saturated rings. The van der Waals surface area contributed by atoms with Gasteiger partial charge in [-0.3, -0.25) is 4.79 Å². The number of hydrogen-bond donors (Lipinski definition) is 0. The van der Waals surface area contributed by atoms with Crippen molar-refractivity contribution >= 4 is 5.91 Å². The third kappa shape index (κ3) is 4.04. The van der Waals surface area contributed by atoms with Gasteiger partial charge in [-0.05, 0) is 24.0 Å². The molecule has 1 amide bonds. The van der Waals surface area contributed by atoms with E-state index in [9.17, 15) is 4.79 Å². The molecule has 0 aliphatic heterocycles. The van der Waals surface area contributed by atoms with E-state index in [2.05, 4.69) is 0 Å². The van der Waals surface area contributed by atoms with E-state index < -0.39 is 0 Å². The average Bonchev–Trinajstić information content (AvgIpc) is 3.17. The summed E-state index contributed by atoms with van der Waals surface area (Å²) < 4.78 is 6.07. The summed E-state index contributed by atoms with van der Waals surface area (Å²) in [5, 5.41) is 0. The second-order valence-electron chi connectivity index (χ2n) is 6.46. The number of carbonyl (C=O) groups excluding carboxylic acids is 1. The minimum absolute atomic E-state index is 0.0683. The van der Waals surface area contributed by atoms with Gasteiger partial charge >= 0.3 is 0 Å². The van der Waals surface area contributed by atoms with E-state index in [1.807, 2.05) is 72.6 Å². The van der Waals surface area contributed by atoms with Crippen LogP contribution in [0.2, 0.25) is 0 Å². The number of carbonyl (C=O) groups is 1. The Hall–Kier alpha value is -2.13. The first-order valence-electron chi connectivity index (χ1n) is 8.73. The monoisotopic (exact) mass is 323 g/mol. The highest BCUT2D eigenvalue weighted by Gasteiger charge is 2.24. The lowest BCUT2D eigenvalue weighted by Gasteiger charge is -2.26. The summed E-state index contributed by atoms with van der Waals surface area (Å²) in [5.74, 6) is 0.0683. The molecule has 0 N–H and O–H groups in total. The molecule has 0 saturated heterocycles. The standard InChI is InChI=1S/C21H25NO2/c1-22(19-14-8-9-15-19)20(23)16-24-21(17-10-4-2-5-11-17)18-12-6-3-7-13-18/h2-7,10-13,19,21H,8-9,14-16H2,1H3. The number of likely N-dealkylation sites (N-methyl/N-ethyl adjacent to an activating group) is 1. The molecular formula is C21H25NO2. The fraction of sp³-hybridized carbons (Fsp3) is 0.381. The zero-order chi connectivity index (χ0) is 16.8. The van der Waals surface area contributed by atoms with Gasteiger partial charge in [-0.1, -0.05) is 73.5 Å². The maximum Gasteiger partial charge on any atom is 0.248 e. The van der Waals surface area contributed by atoms with Crippen LogP contribution >= 0.6 is 0 Å². The summed E-state index contributed by atoms with van der Waals surface area (Å²) in [5.41, 5.74) is 2.14. The van der Waals surface area contributed by atoms with Crippen LogP contribution in [0.15, 0.2) is 60.7 Å². The van der Waals surface area contributed by atoms with Gasteiger partial charge in [0.25, 0.3) is 0 Å². The van der Waals surface area contributed by atoms with Crippen molar-refractivity contribution in [2.45, 2.75) is 37.8 Å². The van der Waals surface area contributed by atoms with Crippen LogP contribution in [0.25, 0.3) is 0 Å². The third-order valence-corrected chi connectivity index (χ3v) is 4.84. The first-order chi connectivity index (χ1) is 11.8. The summed E-state index contributed by atoms with van der Waals surface area (Å²) in [6.45, 7) is 0.113. The highest BCUT2D eigenvalue weighted by Crippen LogP contribution is 2.26. The molecule has 2 aromatic carbocycles. The first kappa shape index (κ1) is 16.7. The van der Waals surface area contributed by atoms with Crippen LogP contribution in [-0.2, 0) is 9.53 Å². The Balaban J connectivity index is 1.69. The van der Waals surface area contributed by atoms with Crippen molar-refractivity contribution in [2.24, 2.45) is 0 Å². The lowest BCUT2D eigenvalue weighted by atomic mass is 10.0. The van der Waals surface area contributed by atoms with Gasteiger partial charge in [0.15, 0.2) is 0 Å². The molecule has 3 heteroatoms. The Morgan fingerprint density at radius 1 is 1.00 bits per heavy atom. The fourth-order valence-corrected chi connectivity index (χ4v) is 3.39. The molecule has 0 aromatic heterocycles. The summed E-state index contributed by atoms with van der Waals surface area (Å²) in [6, 6.07) is 20.5. The van der Waals surface area contributed by atoms with Crippen molar-refractivity contribution in [1.82, 2.24) is 4.90 Å².